The van der Waals surface area contributed by atoms with E-state index < -0.39 is 38.2 Å². The lowest BCUT2D eigenvalue weighted by Gasteiger charge is -2.10. The summed E-state index contributed by atoms with van der Waals surface area (Å²) in [4.78, 5) is -1.19. The summed E-state index contributed by atoms with van der Waals surface area (Å²) in [5.74, 6) is -2.90. The van der Waals surface area contributed by atoms with E-state index in [4.69, 9.17) is 5.26 Å². The van der Waals surface area contributed by atoms with Gasteiger partial charge in [-0.1, -0.05) is 6.07 Å². The van der Waals surface area contributed by atoms with Gasteiger partial charge < -0.3 is 0 Å². The van der Waals surface area contributed by atoms with Crippen molar-refractivity contribution in [3.63, 3.8) is 0 Å². The van der Waals surface area contributed by atoms with Crippen LogP contribution in [0.15, 0.2) is 47.4 Å². The van der Waals surface area contributed by atoms with E-state index in [1.165, 1.54) is 24.3 Å². The van der Waals surface area contributed by atoms with Crippen molar-refractivity contribution in [2.24, 2.45) is 0 Å². The Morgan fingerprint density at radius 2 is 1.69 bits per heavy atom. The van der Waals surface area contributed by atoms with Gasteiger partial charge in [0, 0.05) is 11.8 Å². The molecule has 150 valence electrons. The van der Waals surface area contributed by atoms with Crippen LogP contribution >= 0.6 is 0 Å². The van der Waals surface area contributed by atoms with Gasteiger partial charge in [-0.05, 0) is 36.4 Å². The quantitative estimate of drug-likeness (QED) is 0.590. The van der Waals surface area contributed by atoms with Gasteiger partial charge in [0.05, 0.1) is 23.0 Å². The maximum atomic E-state index is 14.3. The van der Waals surface area contributed by atoms with Crippen molar-refractivity contribution in [2.45, 2.75) is 11.1 Å². The zero-order valence-electron chi connectivity index (χ0n) is 14.5. The number of hydrogen-bond acceptors (Lipinski definition) is 4. The zero-order chi connectivity index (χ0) is 21.6. The van der Waals surface area contributed by atoms with Gasteiger partial charge >= 0.3 is 6.18 Å². The molecule has 0 unspecified atom stereocenters. The fourth-order valence-corrected chi connectivity index (χ4v) is 3.52. The highest BCUT2D eigenvalue weighted by Crippen LogP contribution is 2.34. The molecule has 0 saturated carbocycles. The highest BCUT2D eigenvalue weighted by Gasteiger charge is 2.35. The summed E-state index contributed by atoms with van der Waals surface area (Å²) in [6.45, 7) is 0. The predicted molar refractivity (Wildman–Crippen MR) is 91.7 cm³/mol. The summed E-state index contributed by atoms with van der Waals surface area (Å²) in [5, 5.41) is 12.4. The molecule has 1 heterocycles. The van der Waals surface area contributed by atoms with E-state index in [1.54, 1.807) is 0 Å². The van der Waals surface area contributed by atoms with Crippen LogP contribution in [0.5, 0.6) is 0 Å². The van der Waals surface area contributed by atoms with E-state index in [9.17, 15) is 30.4 Å². The number of sulfone groups is 1. The first kappa shape index (κ1) is 20.5. The van der Waals surface area contributed by atoms with Crippen LogP contribution in [-0.2, 0) is 16.0 Å². The molecule has 0 aliphatic heterocycles. The molecule has 11 heteroatoms. The average Bonchev–Trinajstić information content (AvgIpc) is 3.05. The normalized spacial score (nSPS) is 12.0. The lowest BCUT2D eigenvalue weighted by Crippen LogP contribution is -2.08. The van der Waals surface area contributed by atoms with Gasteiger partial charge in [-0.25, -0.2) is 21.9 Å². The van der Waals surface area contributed by atoms with E-state index in [2.05, 4.69) is 5.10 Å². The molecule has 0 bridgehead atoms. The van der Waals surface area contributed by atoms with Gasteiger partial charge in [-0.2, -0.15) is 23.5 Å². The summed E-state index contributed by atoms with van der Waals surface area (Å²) in [7, 11) is -4.24. The van der Waals surface area contributed by atoms with Crippen molar-refractivity contribution < 1.29 is 30.4 Å². The van der Waals surface area contributed by atoms with Gasteiger partial charge in [0.25, 0.3) is 0 Å². The van der Waals surface area contributed by atoms with Crippen LogP contribution in [0.4, 0.5) is 22.0 Å². The molecule has 0 N–H and O–H groups in total. The Bertz CT molecular complexity index is 1230. The summed E-state index contributed by atoms with van der Waals surface area (Å²) < 4.78 is 91.9. The number of benzene rings is 2. The third kappa shape index (κ3) is 3.97. The minimum Gasteiger partial charge on any atom is -0.232 e. The minimum absolute atomic E-state index is 0.0440. The Morgan fingerprint density at radius 1 is 1.07 bits per heavy atom. The Hall–Kier alpha value is -3.26. The summed E-state index contributed by atoms with van der Waals surface area (Å²) in [6, 6.07) is 9.05. The Labute approximate surface area is 161 Å². The number of rotatable bonds is 3. The van der Waals surface area contributed by atoms with Crippen LogP contribution in [-0.4, -0.2) is 24.5 Å². The number of halogens is 5. The Morgan fingerprint density at radius 3 is 2.21 bits per heavy atom. The van der Waals surface area contributed by atoms with E-state index in [0.717, 1.165) is 4.68 Å². The molecule has 3 rings (SSSR count). The van der Waals surface area contributed by atoms with E-state index in [-0.39, 0.29) is 22.5 Å². The molecule has 3 aromatic rings. The van der Waals surface area contributed by atoms with Gasteiger partial charge in [-0.3, -0.25) is 0 Å². The molecule has 0 amide bonds. The van der Waals surface area contributed by atoms with Crippen molar-refractivity contribution >= 4 is 9.84 Å². The first-order chi connectivity index (χ1) is 13.4. The standard InChI is InChI=1S/C18H10F5N3O2S/c1-29(27,28)17-13(19)6-11(7-14(17)20)15-8-16(18(21,22)23)25-26(15)12-4-2-3-10(5-12)9-24/h2-8H,1H3. The summed E-state index contributed by atoms with van der Waals surface area (Å²) >= 11 is 0. The lowest BCUT2D eigenvalue weighted by atomic mass is 10.1. The van der Waals surface area contributed by atoms with Crippen LogP contribution in [0.2, 0.25) is 0 Å². The van der Waals surface area contributed by atoms with Crippen LogP contribution < -0.4 is 0 Å². The van der Waals surface area contributed by atoms with Gasteiger partial charge in [0.2, 0.25) is 0 Å². The number of nitrogens with zero attached hydrogens (tertiary/aromatic N) is 3. The second-order valence-corrected chi connectivity index (χ2v) is 7.98. The molecule has 0 saturated heterocycles. The second kappa shape index (κ2) is 6.97. The monoisotopic (exact) mass is 427 g/mol. The molecule has 2 aromatic carbocycles. The minimum atomic E-state index is -4.85. The summed E-state index contributed by atoms with van der Waals surface area (Å²) in [5.41, 5.74) is -1.87. The fourth-order valence-electron chi connectivity index (χ4n) is 2.69. The predicted octanol–water partition coefficient (Wildman–Crippen LogP) is 4.11. The van der Waals surface area contributed by atoms with E-state index in [1.807, 2.05) is 6.07 Å². The van der Waals surface area contributed by atoms with Crippen molar-refractivity contribution in [3.8, 4) is 23.0 Å². The summed E-state index contributed by atoms with van der Waals surface area (Å²) in [6.07, 6.45) is -4.25. The third-order valence-electron chi connectivity index (χ3n) is 3.88. The van der Waals surface area contributed by atoms with Crippen molar-refractivity contribution in [1.82, 2.24) is 9.78 Å². The largest absolute Gasteiger partial charge is 0.435 e. The van der Waals surface area contributed by atoms with Crippen molar-refractivity contribution in [2.75, 3.05) is 6.26 Å². The average molecular weight is 427 g/mol. The molecule has 0 radical (unpaired) electrons. The molecule has 0 fully saturated rings. The Balaban J connectivity index is 2.30. The van der Waals surface area contributed by atoms with Crippen LogP contribution in [0.1, 0.15) is 11.3 Å². The molecule has 0 aliphatic carbocycles. The maximum Gasteiger partial charge on any atom is 0.435 e. The zero-order valence-corrected chi connectivity index (χ0v) is 15.3. The topological polar surface area (TPSA) is 75.8 Å². The van der Waals surface area contributed by atoms with E-state index in [0.29, 0.717) is 24.5 Å². The first-order valence-corrected chi connectivity index (χ1v) is 9.68. The molecule has 1 aromatic heterocycles. The number of alkyl halides is 3. The van der Waals surface area contributed by atoms with Gasteiger partial charge in [0.15, 0.2) is 15.5 Å². The van der Waals surface area contributed by atoms with Crippen LogP contribution in [0.3, 0.4) is 0 Å². The fraction of sp³-hybridized carbons (Fsp3) is 0.111. The number of hydrogen-bond donors (Lipinski definition) is 0. The van der Waals surface area contributed by atoms with E-state index >= 15 is 0 Å². The molecule has 0 spiro atoms. The smallest absolute Gasteiger partial charge is 0.232 e. The van der Waals surface area contributed by atoms with Crippen LogP contribution in [0, 0.1) is 23.0 Å². The van der Waals surface area contributed by atoms with Gasteiger partial charge in [0.1, 0.15) is 16.5 Å². The van der Waals surface area contributed by atoms with Gasteiger partial charge in [-0.15, -0.1) is 0 Å². The van der Waals surface area contributed by atoms with Crippen molar-refractivity contribution in [3.05, 3.63) is 65.4 Å². The first-order valence-electron chi connectivity index (χ1n) is 7.79. The number of nitriles is 1. The molecular formula is C18H10F5N3O2S. The maximum absolute atomic E-state index is 14.3. The number of aromatic nitrogens is 2. The molecule has 0 atom stereocenters. The SMILES string of the molecule is CS(=O)(=O)c1c(F)cc(-c2cc(C(F)(F)F)nn2-c2cccc(C#N)c2)cc1F. The molecular weight excluding hydrogens is 417 g/mol. The third-order valence-corrected chi connectivity index (χ3v) is 5.02. The molecule has 0 aliphatic rings. The van der Waals surface area contributed by atoms with Crippen molar-refractivity contribution in [1.29, 1.82) is 5.26 Å². The highest BCUT2D eigenvalue weighted by molar-refractivity contribution is 7.90. The van der Waals surface area contributed by atoms with Crippen LogP contribution in [0.25, 0.3) is 16.9 Å². The molecule has 29 heavy (non-hydrogen) atoms. The second-order valence-electron chi connectivity index (χ2n) is 6.03. The Kier molecular flexibility index (Phi) is 4.92. The molecule has 5 nitrogen and oxygen atoms in total. The lowest BCUT2D eigenvalue weighted by molar-refractivity contribution is -0.141. The highest BCUT2D eigenvalue weighted by atomic mass is 32.2.